The molecule has 1 aliphatic rings. The van der Waals surface area contributed by atoms with Crippen LogP contribution in [0.3, 0.4) is 0 Å². The van der Waals surface area contributed by atoms with Crippen molar-refractivity contribution in [1.82, 2.24) is 4.98 Å². The molecule has 0 fully saturated rings. The number of nitrogens with zero attached hydrogens (tertiary/aromatic N) is 1. The van der Waals surface area contributed by atoms with Crippen molar-refractivity contribution in [3.8, 4) is 0 Å². The highest BCUT2D eigenvalue weighted by Gasteiger charge is 2.36. The predicted molar refractivity (Wildman–Crippen MR) is 87.3 cm³/mol. The SMILES string of the molecule is Cc1ncsc1C(=O)Nc1cccc2c1C(C)CC2(C)C. The number of carbonyl (C=O) groups is 1. The molecular formula is C17H20N2OS. The summed E-state index contributed by atoms with van der Waals surface area (Å²) in [5.41, 5.74) is 6.27. The zero-order valence-corrected chi connectivity index (χ0v) is 13.7. The summed E-state index contributed by atoms with van der Waals surface area (Å²) in [5.74, 6) is 0.411. The second-order valence-electron chi connectivity index (χ2n) is 6.48. The van der Waals surface area contributed by atoms with Crippen LogP contribution in [0.1, 0.15) is 59.6 Å². The molecule has 0 radical (unpaired) electrons. The molecule has 1 unspecified atom stereocenters. The second kappa shape index (κ2) is 4.95. The van der Waals surface area contributed by atoms with Crippen molar-refractivity contribution in [2.75, 3.05) is 5.32 Å². The van der Waals surface area contributed by atoms with E-state index in [0.29, 0.717) is 10.8 Å². The van der Waals surface area contributed by atoms with E-state index in [0.717, 1.165) is 17.8 Å². The van der Waals surface area contributed by atoms with E-state index in [-0.39, 0.29) is 11.3 Å². The number of thiazole rings is 1. The van der Waals surface area contributed by atoms with E-state index in [4.69, 9.17) is 0 Å². The van der Waals surface area contributed by atoms with Crippen LogP contribution in [0.25, 0.3) is 0 Å². The molecule has 0 bridgehead atoms. The third-order valence-electron chi connectivity index (χ3n) is 4.34. The maximum atomic E-state index is 12.4. The van der Waals surface area contributed by atoms with Gasteiger partial charge in [0.05, 0.1) is 11.2 Å². The molecule has 0 aliphatic heterocycles. The van der Waals surface area contributed by atoms with E-state index in [2.05, 4.69) is 37.1 Å². The second-order valence-corrected chi connectivity index (χ2v) is 7.33. The minimum absolute atomic E-state index is 0.0553. The molecule has 0 saturated heterocycles. The van der Waals surface area contributed by atoms with Crippen molar-refractivity contribution in [1.29, 1.82) is 0 Å². The van der Waals surface area contributed by atoms with Crippen molar-refractivity contribution in [3.63, 3.8) is 0 Å². The van der Waals surface area contributed by atoms with Crippen LogP contribution >= 0.6 is 11.3 Å². The number of hydrogen-bond donors (Lipinski definition) is 1. The zero-order valence-electron chi connectivity index (χ0n) is 12.9. The number of hydrogen-bond acceptors (Lipinski definition) is 3. The maximum Gasteiger partial charge on any atom is 0.267 e. The molecule has 1 aromatic heterocycles. The summed E-state index contributed by atoms with van der Waals surface area (Å²) >= 11 is 1.39. The lowest BCUT2D eigenvalue weighted by atomic mass is 9.86. The molecule has 0 saturated carbocycles. The molecule has 1 aromatic carbocycles. The van der Waals surface area contributed by atoms with Gasteiger partial charge in [-0.15, -0.1) is 11.3 Å². The first kappa shape index (κ1) is 14.3. The first-order valence-corrected chi connectivity index (χ1v) is 8.13. The Morgan fingerprint density at radius 2 is 2.19 bits per heavy atom. The van der Waals surface area contributed by atoms with E-state index in [1.807, 2.05) is 19.1 Å². The number of anilines is 1. The topological polar surface area (TPSA) is 42.0 Å². The van der Waals surface area contributed by atoms with Crippen LogP contribution < -0.4 is 5.32 Å². The number of carbonyl (C=O) groups excluding carboxylic acids is 1. The van der Waals surface area contributed by atoms with Crippen LogP contribution in [0, 0.1) is 6.92 Å². The van der Waals surface area contributed by atoms with Gasteiger partial charge in [-0.05, 0) is 41.9 Å². The van der Waals surface area contributed by atoms with Gasteiger partial charge in [0.25, 0.3) is 5.91 Å². The fraction of sp³-hybridized carbons (Fsp3) is 0.412. The van der Waals surface area contributed by atoms with Gasteiger partial charge < -0.3 is 5.32 Å². The molecule has 1 heterocycles. The van der Waals surface area contributed by atoms with Gasteiger partial charge in [0, 0.05) is 5.69 Å². The van der Waals surface area contributed by atoms with Gasteiger partial charge in [0.15, 0.2) is 0 Å². The molecule has 3 rings (SSSR count). The Balaban J connectivity index is 1.97. The summed E-state index contributed by atoms with van der Waals surface area (Å²) in [6.45, 7) is 8.65. The van der Waals surface area contributed by atoms with Crippen molar-refractivity contribution >= 4 is 22.9 Å². The molecule has 1 N–H and O–H groups in total. The summed E-state index contributed by atoms with van der Waals surface area (Å²) in [4.78, 5) is 17.3. The number of aryl methyl sites for hydroxylation is 1. The Kier molecular flexibility index (Phi) is 3.36. The minimum atomic E-state index is -0.0553. The smallest absolute Gasteiger partial charge is 0.267 e. The number of rotatable bonds is 2. The number of nitrogens with one attached hydrogen (secondary N) is 1. The van der Waals surface area contributed by atoms with Gasteiger partial charge in [0.1, 0.15) is 4.88 Å². The van der Waals surface area contributed by atoms with Crippen LogP contribution in [0.2, 0.25) is 0 Å². The van der Waals surface area contributed by atoms with Gasteiger partial charge in [-0.25, -0.2) is 4.98 Å². The van der Waals surface area contributed by atoms with E-state index in [1.165, 1.54) is 22.5 Å². The normalized spacial score (nSPS) is 19.3. The Bertz CT molecular complexity index is 703. The first-order valence-electron chi connectivity index (χ1n) is 7.25. The molecule has 0 spiro atoms. The Labute approximate surface area is 129 Å². The Morgan fingerprint density at radius 3 is 2.86 bits per heavy atom. The van der Waals surface area contributed by atoms with Gasteiger partial charge >= 0.3 is 0 Å². The summed E-state index contributed by atoms with van der Waals surface area (Å²) in [5, 5.41) is 3.09. The van der Waals surface area contributed by atoms with Crippen molar-refractivity contribution in [2.24, 2.45) is 0 Å². The highest BCUT2D eigenvalue weighted by molar-refractivity contribution is 7.12. The average Bonchev–Trinajstić information content (AvgIpc) is 2.92. The maximum absolute atomic E-state index is 12.4. The van der Waals surface area contributed by atoms with Crippen LogP contribution in [0.15, 0.2) is 23.7 Å². The van der Waals surface area contributed by atoms with E-state index in [9.17, 15) is 4.79 Å². The lowest BCUT2D eigenvalue weighted by Crippen LogP contribution is -2.14. The van der Waals surface area contributed by atoms with Gasteiger partial charge in [-0.1, -0.05) is 32.9 Å². The summed E-state index contributed by atoms with van der Waals surface area (Å²) in [6, 6.07) is 6.23. The number of aromatic nitrogens is 1. The molecule has 1 aliphatic carbocycles. The fourth-order valence-corrected chi connectivity index (χ4v) is 4.17. The predicted octanol–water partition coefficient (Wildman–Crippen LogP) is 4.49. The van der Waals surface area contributed by atoms with Crippen molar-refractivity contribution in [2.45, 2.75) is 45.4 Å². The van der Waals surface area contributed by atoms with Gasteiger partial charge in [-0.2, -0.15) is 0 Å². The average molecular weight is 300 g/mol. The van der Waals surface area contributed by atoms with E-state index >= 15 is 0 Å². The third kappa shape index (κ3) is 2.38. The fourth-order valence-electron chi connectivity index (χ4n) is 3.47. The highest BCUT2D eigenvalue weighted by atomic mass is 32.1. The molecule has 1 amide bonds. The molecule has 1 atom stereocenters. The quantitative estimate of drug-likeness (QED) is 0.888. The van der Waals surface area contributed by atoms with Crippen molar-refractivity contribution < 1.29 is 4.79 Å². The molecular weight excluding hydrogens is 280 g/mol. The Morgan fingerprint density at radius 1 is 1.43 bits per heavy atom. The summed E-state index contributed by atoms with van der Waals surface area (Å²) < 4.78 is 0. The molecule has 3 nitrogen and oxygen atoms in total. The summed E-state index contributed by atoms with van der Waals surface area (Å²) in [7, 11) is 0. The van der Waals surface area contributed by atoms with Crippen LogP contribution in [0.4, 0.5) is 5.69 Å². The van der Waals surface area contributed by atoms with E-state index in [1.54, 1.807) is 5.51 Å². The molecule has 110 valence electrons. The van der Waals surface area contributed by atoms with Crippen LogP contribution in [-0.4, -0.2) is 10.9 Å². The lowest BCUT2D eigenvalue weighted by molar-refractivity contribution is 0.102. The number of amides is 1. The molecule has 2 aromatic rings. The van der Waals surface area contributed by atoms with Crippen molar-refractivity contribution in [3.05, 3.63) is 45.4 Å². The van der Waals surface area contributed by atoms with E-state index < -0.39 is 0 Å². The largest absolute Gasteiger partial charge is 0.321 e. The lowest BCUT2D eigenvalue weighted by Gasteiger charge is -2.19. The minimum Gasteiger partial charge on any atom is -0.321 e. The zero-order chi connectivity index (χ0) is 15.2. The number of benzene rings is 1. The van der Waals surface area contributed by atoms with Crippen LogP contribution in [-0.2, 0) is 5.41 Å². The first-order chi connectivity index (χ1) is 9.90. The third-order valence-corrected chi connectivity index (χ3v) is 5.27. The van der Waals surface area contributed by atoms with Gasteiger partial charge in [-0.3, -0.25) is 4.79 Å². The monoisotopic (exact) mass is 300 g/mol. The molecule has 21 heavy (non-hydrogen) atoms. The van der Waals surface area contributed by atoms with Gasteiger partial charge in [0.2, 0.25) is 0 Å². The molecule has 4 heteroatoms. The highest BCUT2D eigenvalue weighted by Crippen LogP contribution is 2.48. The standard InChI is InChI=1S/C17H20N2OS/c1-10-8-17(3,4)12-6-5-7-13(14(10)12)19-16(20)15-11(2)18-9-21-15/h5-7,9-10H,8H2,1-4H3,(H,19,20). The van der Waals surface area contributed by atoms with Crippen LogP contribution in [0.5, 0.6) is 0 Å². The Hall–Kier alpha value is -1.68. The number of fused-ring (bicyclic) bond motifs is 1. The summed E-state index contributed by atoms with van der Waals surface area (Å²) in [6.07, 6.45) is 1.12.